The normalized spacial score (nSPS) is 17.2. The molecule has 0 aliphatic carbocycles. The number of hydrogen-bond acceptors (Lipinski definition) is 4. The number of methoxy groups -OCH3 is 1. The Kier molecular flexibility index (Phi) is 9.03. The third-order valence-corrected chi connectivity index (χ3v) is 5.04. The summed E-state index contributed by atoms with van der Waals surface area (Å²) in [7, 11) is 3.58. The third kappa shape index (κ3) is 5.84. The number of aryl methyl sites for hydroxylation is 1. The van der Waals surface area contributed by atoms with Gasteiger partial charge in [0.15, 0.2) is 5.96 Å². The van der Waals surface area contributed by atoms with Gasteiger partial charge in [-0.25, -0.2) is 4.99 Å². The van der Waals surface area contributed by atoms with Crippen molar-refractivity contribution in [2.75, 3.05) is 33.4 Å². The summed E-state index contributed by atoms with van der Waals surface area (Å²) < 4.78 is 14.0. The summed E-state index contributed by atoms with van der Waals surface area (Å²) in [6.45, 7) is 5.73. The molecule has 1 atom stereocenters. The number of hydrogen-bond donors (Lipinski definition) is 1. The van der Waals surface area contributed by atoms with Gasteiger partial charge in [-0.2, -0.15) is 5.10 Å². The topological polar surface area (TPSA) is 63.9 Å². The Labute approximate surface area is 191 Å². The van der Waals surface area contributed by atoms with Gasteiger partial charge < -0.3 is 19.7 Å². The highest BCUT2D eigenvalue weighted by Gasteiger charge is 2.25. The lowest BCUT2D eigenvalue weighted by Crippen LogP contribution is -2.48. The Bertz CT molecular complexity index is 798. The molecule has 0 amide bonds. The first-order chi connectivity index (χ1) is 13.1. The molecule has 1 aromatic heterocycles. The highest BCUT2D eigenvalue weighted by Crippen LogP contribution is 2.26. The molecule has 9 heteroatoms. The van der Waals surface area contributed by atoms with E-state index in [0.717, 1.165) is 46.9 Å². The first kappa shape index (κ1) is 23.0. The van der Waals surface area contributed by atoms with E-state index in [1.54, 1.807) is 11.8 Å². The van der Waals surface area contributed by atoms with Crippen molar-refractivity contribution in [3.63, 3.8) is 0 Å². The van der Waals surface area contributed by atoms with Gasteiger partial charge >= 0.3 is 0 Å². The van der Waals surface area contributed by atoms with Crippen LogP contribution >= 0.6 is 39.9 Å². The van der Waals surface area contributed by atoms with Gasteiger partial charge in [0.2, 0.25) is 0 Å². The summed E-state index contributed by atoms with van der Waals surface area (Å²) in [5.74, 6) is 1.73. The molecule has 7 nitrogen and oxygen atoms in total. The molecule has 28 heavy (non-hydrogen) atoms. The number of rotatable bonds is 5. The summed E-state index contributed by atoms with van der Waals surface area (Å²) in [6.07, 6.45) is 3.88. The minimum atomic E-state index is 0. The minimum absolute atomic E-state index is 0. The summed E-state index contributed by atoms with van der Waals surface area (Å²) in [6, 6.07) is 6.03. The van der Waals surface area contributed by atoms with E-state index in [1.165, 1.54) is 0 Å². The molecule has 0 radical (unpaired) electrons. The highest BCUT2D eigenvalue weighted by molar-refractivity contribution is 14.0. The van der Waals surface area contributed by atoms with E-state index in [0.29, 0.717) is 13.2 Å². The molecule has 1 N–H and O–H groups in total. The molecule has 3 rings (SSSR count). The van der Waals surface area contributed by atoms with Crippen molar-refractivity contribution in [1.82, 2.24) is 20.0 Å². The van der Waals surface area contributed by atoms with E-state index in [9.17, 15) is 0 Å². The predicted octanol–water partition coefficient (Wildman–Crippen LogP) is 3.35. The minimum Gasteiger partial charge on any atom is -0.496 e. The predicted molar refractivity (Wildman–Crippen MR) is 124 cm³/mol. The lowest BCUT2D eigenvalue weighted by Gasteiger charge is -2.34. The number of benzene rings is 1. The number of aromatic nitrogens is 2. The second kappa shape index (κ2) is 11.0. The summed E-state index contributed by atoms with van der Waals surface area (Å²) in [4.78, 5) is 7.08. The van der Waals surface area contributed by atoms with E-state index in [1.807, 2.05) is 37.6 Å². The number of halogens is 2. The SMILES string of the molecule is CCNC(=NCc1ccc(OC)c(Br)c1)N1CCOC(c2cnn(C)c2)C1.I. The fourth-order valence-corrected chi connectivity index (χ4v) is 3.64. The molecule has 1 fully saturated rings. The number of guanidine groups is 1. The van der Waals surface area contributed by atoms with Crippen LogP contribution in [0.4, 0.5) is 0 Å². The Hall–Kier alpha value is -1.33. The van der Waals surface area contributed by atoms with Crippen molar-refractivity contribution in [2.45, 2.75) is 19.6 Å². The second-order valence-corrected chi connectivity index (χ2v) is 7.25. The van der Waals surface area contributed by atoms with Crippen LogP contribution in [0, 0.1) is 0 Å². The van der Waals surface area contributed by atoms with Crippen LogP contribution < -0.4 is 10.1 Å². The van der Waals surface area contributed by atoms with Gasteiger partial charge in [-0.05, 0) is 40.5 Å². The van der Waals surface area contributed by atoms with Crippen molar-refractivity contribution in [3.8, 4) is 5.75 Å². The molecule has 1 aromatic carbocycles. The van der Waals surface area contributed by atoms with Gasteiger partial charge in [0.1, 0.15) is 11.9 Å². The largest absolute Gasteiger partial charge is 0.496 e. The van der Waals surface area contributed by atoms with E-state index in [2.05, 4.69) is 38.2 Å². The number of morpholine rings is 1. The van der Waals surface area contributed by atoms with E-state index >= 15 is 0 Å². The second-order valence-electron chi connectivity index (χ2n) is 6.39. The molecule has 2 heterocycles. The first-order valence-corrected chi connectivity index (χ1v) is 9.85. The van der Waals surface area contributed by atoms with Gasteiger partial charge in [-0.15, -0.1) is 24.0 Å². The lowest BCUT2D eigenvalue weighted by atomic mass is 10.1. The van der Waals surface area contributed by atoms with Gasteiger partial charge in [0.05, 0.1) is 37.5 Å². The number of nitrogens with zero attached hydrogens (tertiary/aromatic N) is 4. The van der Waals surface area contributed by atoms with E-state index < -0.39 is 0 Å². The molecule has 2 aromatic rings. The Morgan fingerprint density at radius 3 is 2.93 bits per heavy atom. The average Bonchev–Trinajstić information content (AvgIpc) is 3.12. The van der Waals surface area contributed by atoms with Crippen molar-refractivity contribution >= 4 is 45.9 Å². The Morgan fingerprint density at radius 2 is 2.29 bits per heavy atom. The molecule has 1 unspecified atom stereocenters. The quantitative estimate of drug-likeness (QED) is 0.343. The van der Waals surface area contributed by atoms with Gasteiger partial charge in [0.25, 0.3) is 0 Å². The molecule has 1 aliphatic rings. The van der Waals surface area contributed by atoms with Crippen LogP contribution in [0.5, 0.6) is 5.75 Å². The Morgan fingerprint density at radius 1 is 1.46 bits per heavy atom. The van der Waals surface area contributed by atoms with Crippen LogP contribution in [0.2, 0.25) is 0 Å². The van der Waals surface area contributed by atoms with Gasteiger partial charge in [0, 0.05) is 31.9 Å². The summed E-state index contributed by atoms with van der Waals surface area (Å²) in [5.41, 5.74) is 2.22. The van der Waals surface area contributed by atoms with Crippen molar-refractivity contribution in [3.05, 3.63) is 46.2 Å². The van der Waals surface area contributed by atoms with Crippen LogP contribution in [0.3, 0.4) is 0 Å². The van der Waals surface area contributed by atoms with Crippen LogP contribution in [0.15, 0.2) is 40.1 Å². The summed E-state index contributed by atoms with van der Waals surface area (Å²) in [5, 5.41) is 7.65. The number of ether oxygens (including phenoxy) is 2. The van der Waals surface area contributed by atoms with Crippen molar-refractivity contribution < 1.29 is 9.47 Å². The van der Waals surface area contributed by atoms with Crippen LogP contribution in [-0.2, 0) is 18.3 Å². The maximum Gasteiger partial charge on any atom is 0.194 e. The molecule has 0 spiro atoms. The molecular weight excluding hydrogens is 537 g/mol. The molecule has 1 aliphatic heterocycles. The molecule has 0 saturated carbocycles. The van der Waals surface area contributed by atoms with Crippen molar-refractivity contribution in [1.29, 1.82) is 0 Å². The fraction of sp³-hybridized carbons (Fsp3) is 0.474. The Balaban J connectivity index is 0.00000280. The molecule has 154 valence electrons. The smallest absolute Gasteiger partial charge is 0.194 e. The van der Waals surface area contributed by atoms with E-state index in [4.69, 9.17) is 14.5 Å². The average molecular weight is 564 g/mol. The van der Waals surface area contributed by atoms with Crippen molar-refractivity contribution in [2.24, 2.45) is 12.0 Å². The van der Waals surface area contributed by atoms with Gasteiger partial charge in [-0.3, -0.25) is 4.68 Å². The number of nitrogens with one attached hydrogen (secondary N) is 1. The third-order valence-electron chi connectivity index (χ3n) is 4.43. The van der Waals surface area contributed by atoms with Crippen LogP contribution in [0.25, 0.3) is 0 Å². The van der Waals surface area contributed by atoms with Gasteiger partial charge in [-0.1, -0.05) is 6.07 Å². The van der Waals surface area contributed by atoms with Crippen LogP contribution in [-0.4, -0.2) is 54.0 Å². The maximum atomic E-state index is 5.94. The highest BCUT2D eigenvalue weighted by atomic mass is 127. The first-order valence-electron chi connectivity index (χ1n) is 9.06. The maximum absolute atomic E-state index is 5.94. The summed E-state index contributed by atoms with van der Waals surface area (Å²) >= 11 is 3.53. The zero-order chi connectivity index (χ0) is 19.2. The number of aliphatic imine (C=N–C) groups is 1. The standard InChI is InChI=1S/C19H26BrN5O2.HI/c1-4-21-19(22-10-14-5-6-17(26-3)16(20)9-14)25-7-8-27-18(13-25)15-11-23-24(2)12-15;/h5-6,9,11-12,18H,4,7-8,10,13H2,1-3H3,(H,21,22);1H. The zero-order valence-electron chi connectivity index (χ0n) is 16.4. The molecule has 1 saturated heterocycles. The molecule has 0 bridgehead atoms. The van der Waals surface area contributed by atoms with Crippen LogP contribution in [0.1, 0.15) is 24.2 Å². The monoisotopic (exact) mass is 563 g/mol. The molecular formula is C19H27BrIN5O2. The fourth-order valence-electron chi connectivity index (χ4n) is 3.05. The zero-order valence-corrected chi connectivity index (χ0v) is 20.3. The lowest BCUT2D eigenvalue weighted by molar-refractivity contribution is -0.00805. The van der Waals surface area contributed by atoms with E-state index in [-0.39, 0.29) is 30.1 Å².